The maximum atomic E-state index is 6.24. The second kappa shape index (κ2) is 4.78. The number of fused-ring (bicyclic) bond motifs is 6. The summed E-state index contributed by atoms with van der Waals surface area (Å²) in [7, 11) is 0. The number of aromatic nitrogens is 2. The molecule has 0 aliphatic rings. The van der Waals surface area contributed by atoms with Crippen molar-refractivity contribution >= 4 is 76.4 Å². The van der Waals surface area contributed by atoms with Gasteiger partial charge in [0.15, 0.2) is 0 Å². The van der Waals surface area contributed by atoms with Crippen LogP contribution in [0.25, 0.3) is 41.8 Å². The minimum absolute atomic E-state index is 0.176. The van der Waals surface area contributed by atoms with Gasteiger partial charge in [0, 0.05) is 25.6 Å². The van der Waals surface area contributed by atoms with E-state index in [0.717, 1.165) is 16.3 Å². The highest BCUT2D eigenvalue weighted by molar-refractivity contribution is 7.26. The summed E-state index contributed by atoms with van der Waals surface area (Å²) in [6.45, 7) is 0. The Morgan fingerprint density at radius 2 is 1.57 bits per heavy atom. The first-order chi connectivity index (χ1) is 11.2. The number of hydrogen-bond donors (Lipinski definition) is 0. The summed E-state index contributed by atoms with van der Waals surface area (Å²) in [5.41, 5.74) is 0.814. The number of rotatable bonds is 0. The Bertz CT molecular complexity index is 1240. The molecule has 2 heterocycles. The molecule has 0 unspecified atom stereocenters. The van der Waals surface area contributed by atoms with Crippen LogP contribution in [-0.4, -0.2) is 9.97 Å². The van der Waals surface area contributed by atoms with Crippen molar-refractivity contribution in [1.82, 2.24) is 9.97 Å². The molecule has 0 fully saturated rings. The first kappa shape index (κ1) is 13.5. The van der Waals surface area contributed by atoms with Crippen molar-refractivity contribution in [3.8, 4) is 0 Å². The Kier molecular flexibility index (Phi) is 2.80. The zero-order chi connectivity index (χ0) is 15.6. The zero-order valence-electron chi connectivity index (χ0n) is 11.7. The minimum atomic E-state index is 0.176. The molecule has 0 aliphatic heterocycles. The van der Waals surface area contributed by atoms with Crippen molar-refractivity contribution in [2.45, 2.75) is 0 Å². The lowest BCUT2D eigenvalue weighted by Gasteiger charge is -2.03. The molecule has 0 radical (unpaired) electrons. The van der Waals surface area contributed by atoms with Crippen LogP contribution in [0, 0.1) is 0 Å². The lowest BCUT2D eigenvalue weighted by molar-refractivity contribution is 1.23. The molecule has 0 amide bonds. The quantitative estimate of drug-likeness (QED) is 0.235. The summed E-state index contributed by atoms with van der Waals surface area (Å²) >= 11 is 14.0. The van der Waals surface area contributed by atoms with Crippen molar-refractivity contribution in [2.75, 3.05) is 0 Å². The predicted molar refractivity (Wildman–Crippen MR) is 100.0 cm³/mol. The molecule has 0 aliphatic carbocycles. The van der Waals surface area contributed by atoms with Gasteiger partial charge in [0.1, 0.15) is 5.15 Å². The molecule has 0 saturated heterocycles. The van der Waals surface area contributed by atoms with Crippen LogP contribution in [0.2, 0.25) is 10.4 Å². The van der Waals surface area contributed by atoms with Crippen LogP contribution in [0.15, 0.2) is 48.5 Å². The molecule has 2 nitrogen and oxygen atoms in total. The molecule has 110 valence electrons. The molecule has 0 saturated carbocycles. The molecule has 23 heavy (non-hydrogen) atoms. The van der Waals surface area contributed by atoms with E-state index >= 15 is 0 Å². The van der Waals surface area contributed by atoms with Crippen LogP contribution in [-0.2, 0) is 0 Å². The van der Waals surface area contributed by atoms with E-state index in [1.54, 1.807) is 11.3 Å². The topological polar surface area (TPSA) is 25.8 Å². The first-order valence-corrected chi connectivity index (χ1v) is 8.65. The van der Waals surface area contributed by atoms with Gasteiger partial charge in [-0.25, -0.2) is 9.97 Å². The van der Waals surface area contributed by atoms with Gasteiger partial charge in [0.2, 0.25) is 5.28 Å². The maximum Gasteiger partial charge on any atom is 0.224 e. The van der Waals surface area contributed by atoms with Crippen molar-refractivity contribution in [1.29, 1.82) is 0 Å². The van der Waals surface area contributed by atoms with Gasteiger partial charge in [-0.05, 0) is 46.6 Å². The molecule has 0 atom stereocenters. The Morgan fingerprint density at radius 1 is 0.783 bits per heavy atom. The van der Waals surface area contributed by atoms with Crippen molar-refractivity contribution in [3.63, 3.8) is 0 Å². The van der Waals surface area contributed by atoms with Crippen LogP contribution in [0.1, 0.15) is 0 Å². The van der Waals surface area contributed by atoms with E-state index in [9.17, 15) is 0 Å². The third kappa shape index (κ3) is 1.94. The Labute approximate surface area is 145 Å². The molecule has 3 aromatic carbocycles. The average Bonchev–Trinajstić information content (AvgIpc) is 2.90. The van der Waals surface area contributed by atoms with Gasteiger partial charge in [-0.3, -0.25) is 0 Å². The van der Waals surface area contributed by atoms with Crippen LogP contribution in [0.3, 0.4) is 0 Å². The molecule has 5 rings (SSSR count). The van der Waals surface area contributed by atoms with Gasteiger partial charge in [-0.1, -0.05) is 35.9 Å². The zero-order valence-corrected chi connectivity index (χ0v) is 14.0. The Morgan fingerprint density at radius 3 is 2.39 bits per heavy atom. The summed E-state index contributed by atoms with van der Waals surface area (Å²) < 4.78 is 2.41. The highest BCUT2D eigenvalue weighted by atomic mass is 35.5. The summed E-state index contributed by atoms with van der Waals surface area (Å²) in [5.74, 6) is 0. The molecule has 5 aromatic rings. The number of benzene rings is 3. The molecular weight excluding hydrogens is 347 g/mol. The highest BCUT2D eigenvalue weighted by Gasteiger charge is 2.14. The van der Waals surface area contributed by atoms with E-state index in [1.165, 1.54) is 25.6 Å². The van der Waals surface area contributed by atoms with Gasteiger partial charge in [0.05, 0.1) is 5.52 Å². The normalized spacial score (nSPS) is 11.9. The average molecular weight is 355 g/mol. The smallest absolute Gasteiger partial charge is 0.217 e. The SMILES string of the molecule is Clc1nc(Cl)c2ccc3sc4cc5ccccc5cc4c3c2n1. The summed E-state index contributed by atoms with van der Waals surface area (Å²) in [6.07, 6.45) is 0. The molecule has 0 spiro atoms. The number of halogens is 2. The van der Waals surface area contributed by atoms with Crippen LogP contribution in [0.5, 0.6) is 0 Å². The lowest BCUT2D eigenvalue weighted by atomic mass is 10.0. The second-order valence-corrected chi connectivity index (χ2v) is 7.20. The van der Waals surface area contributed by atoms with E-state index in [1.807, 2.05) is 6.07 Å². The monoisotopic (exact) mass is 354 g/mol. The standard InChI is InChI=1S/C18H8Cl2N2S/c19-17-11-5-6-13-15(16(11)21-18(20)22-17)12-7-9-3-1-2-4-10(9)8-14(12)23-13/h1-8H. The Hall–Kier alpha value is -1.94. The van der Waals surface area contributed by atoms with Crippen molar-refractivity contribution in [2.24, 2.45) is 0 Å². The maximum absolute atomic E-state index is 6.24. The first-order valence-electron chi connectivity index (χ1n) is 7.07. The van der Waals surface area contributed by atoms with E-state index in [4.69, 9.17) is 23.2 Å². The molecule has 5 heteroatoms. The molecule has 0 N–H and O–H groups in total. The van der Waals surface area contributed by atoms with Crippen LogP contribution < -0.4 is 0 Å². The third-order valence-corrected chi connectivity index (χ3v) is 5.67. The van der Waals surface area contributed by atoms with Gasteiger partial charge >= 0.3 is 0 Å². The summed E-state index contributed by atoms with van der Waals surface area (Å²) in [5, 5.41) is 6.12. The number of nitrogens with zero attached hydrogens (tertiary/aromatic N) is 2. The van der Waals surface area contributed by atoms with E-state index in [2.05, 4.69) is 52.4 Å². The fourth-order valence-electron chi connectivity index (χ4n) is 3.08. The van der Waals surface area contributed by atoms with Gasteiger partial charge in [-0.2, -0.15) is 0 Å². The van der Waals surface area contributed by atoms with Crippen LogP contribution in [0.4, 0.5) is 0 Å². The van der Waals surface area contributed by atoms with Crippen LogP contribution >= 0.6 is 34.5 Å². The summed E-state index contributed by atoms with van der Waals surface area (Å²) in [4.78, 5) is 8.49. The summed E-state index contributed by atoms with van der Waals surface area (Å²) in [6, 6.07) is 16.9. The van der Waals surface area contributed by atoms with Crippen molar-refractivity contribution in [3.05, 3.63) is 59.0 Å². The highest BCUT2D eigenvalue weighted by Crippen LogP contribution is 2.40. The number of hydrogen-bond acceptors (Lipinski definition) is 3. The fraction of sp³-hybridized carbons (Fsp3) is 0. The fourth-order valence-corrected chi connectivity index (χ4v) is 4.66. The van der Waals surface area contributed by atoms with Gasteiger partial charge < -0.3 is 0 Å². The second-order valence-electron chi connectivity index (χ2n) is 5.42. The molecule has 0 bridgehead atoms. The van der Waals surface area contributed by atoms with E-state index in [0.29, 0.717) is 5.15 Å². The third-order valence-electron chi connectivity index (χ3n) is 4.09. The molecule has 2 aromatic heterocycles. The van der Waals surface area contributed by atoms with E-state index in [-0.39, 0.29) is 5.28 Å². The number of thiophene rings is 1. The van der Waals surface area contributed by atoms with Gasteiger partial charge in [0.25, 0.3) is 0 Å². The van der Waals surface area contributed by atoms with E-state index < -0.39 is 0 Å². The Balaban J connectivity index is 2.07. The largest absolute Gasteiger partial charge is 0.224 e. The molecular formula is C18H8Cl2N2S. The van der Waals surface area contributed by atoms with Gasteiger partial charge in [-0.15, -0.1) is 11.3 Å². The minimum Gasteiger partial charge on any atom is -0.217 e. The predicted octanol–water partition coefficient (Wildman–Crippen LogP) is 6.46. The van der Waals surface area contributed by atoms with Crippen molar-refractivity contribution < 1.29 is 0 Å². The lowest BCUT2D eigenvalue weighted by Crippen LogP contribution is -1.87.